The van der Waals surface area contributed by atoms with Crippen molar-refractivity contribution < 1.29 is 36.3 Å². The fourth-order valence-electron chi connectivity index (χ4n) is 4.39. The molecule has 0 radical (unpaired) electrons. The van der Waals surface area contributed by atoms with Gasteiger partial charge in [0.05, 0.1) is 21.6 Å². The number of sulfonamides is 1. The lowest BCUT2D eigenvalue weighted by Gasteiger charge is -2.24. The molecule has 0 saturated carbocycles. The Hall–Kier alpha value is -3.58. The zero-order chi connectivity index (χ0) is 28.4. The number of hydrogen-bond acceptors (Lipinski definition) is 7. The molecule has 0 unspecified atom stereocenters. The number of fused-ring (bicyclic) bond motifs is 1. The first kappa shape index (κ1) is 28.4. The maximum Gasteiger partial charge on any atom is 0.303 e. The summed E-state index contributed by atoms with van der Waals surface area (Å²) < 4.78 is 68.2. The Bertz CT molecular complexity index is 1460. The predicted molar refractivity (Wildman–Crippen MR) is 140 cm³/mol. The van der Waals surface area contributed by atoms with Gasteiger partial charge in [-0.2, -0.15) is 8.78 Å². The Morgan fingerprint density at radius 3 is 2.46 bits per heavy atom. The van der Waals surface area contributed by atoms with E-state index in [1.54, 1.807) is 12.1 Å². The van der Waals surface area contributed by atoms with E-state index >= 15 is 0 Å². The minimum atomic E-state index is -4.03. The maximum absolute atomic E-state index is 14.5. The predicted octanol–water partition coefficient (Wildman–Crippen LogP) is 3.90. The van der Waals surface area contributed by atoms with Gasteiger partial charge >= 0.3 is 11.9 Å². The van der Waals surface area contributed by atoms with Crippen molar-refractivity contribution in [3.05, 3.63) is 48.3 Å². The van der Waals surface area contributed by atoms with Gasteiger partial charge in [-0.05, 0) is 61.2 Å². The van der Waals surface area contributed by atoms with Crippen molar-refractivity contribution in [2.45, 2.75) is 44.1 Å². The highest BCUT2D eigenvalue weighted by Crippen LogP contribution is 2.34. The number of hydrogen-bond donors (Lipinski definition) is 1. The van der Waals surface area contributed by atoms with E-state index in [1.807, 2.05) is 0 Å². The van der Waals surface area contributed by atoms with Crippen LogP contribution in [0.4, 0.5) is 20.2 Å². The number of aromatic nitrogens is 2. The number of halogens is 2. The molecule has 4 rings (SSSR count). The van der Waals surface area contributed by atoms with Crippen LogP contribution in [0, 0.1) is 5.92 Å². The van der Waals surface area contributed by atoms with Crippen molar-refractivity contribution >= 4 is 44.3 Å². The zero-order valence-electron chi connectivity index (χ0n) is 21.8. The van der Waals surface area contributed by atoms with Gasteiger partial charge in [-0.1, -0.05) is 0 Å². The summed E-state index contributed by atoms with van der Waals surface area (Å²) in [6.07, 6.45) is 1.53. The standard InChI is InChI=1S/C26H30F2N4O6S/c1-17(33)38-16-24(34)29-19-4-7-21(8-5-19)39(35,36)31(3)20-6-9-23-22(14-20)30-25(26(2,27)28)32(23)15-18-10-12-37-13-11-18/h4-9,14,18H,10-13,15-16H2,1-3H3,(H,29,34). The number of carbonyl (C=O) groups is 2. The van der Waals surface area contributed by atoms with Crippen LogP contribution in [-0.2, 0) is 41.6 Å². The number of esters is 1. The Balaban J connectivity index is 1.57. The number of benzene rings is 2. The summed E-state index contributed by atoms with van der Waals surface area (Å²) in [5, 5.41) is 2.50. The average molecular weight is 565 g/mol. The van der Waals surface area contributed by atoms with Gasteiger partial charge in [-0.15, -0.1) is 0 Å². The normalized spacial score (nSPS) is 14.8. The molecule has 39 heavy (non-hydrogen) atoms. The van der Waals surface area contributed by atoms with E-state index in [2.05, 4.69) is 15.0 Å². The van der Waals surface area contributed by atoms with Crippen molar-refractivity contribution in [1.29, 1.82) is 0 Å². The smallest absolute Gasteiger partial charge is 0.303 e. The fourth-order valence-corrected chi connectivity index (χ4v) is 5.58. The Labute approximate surface area is 224 Å². The van der Waals surface area contributed by atoms with Gasteiger partial charge in [-0.25, -0.2) is 13.4 Å². The van der Waals surface area contributed by atoms with E-state index in [9.17, 15) is 26.8 Å². The molecule has 1 amide bonds. The highest BCUT2D eigenvalue weighted by Gasteiger charge is 2.33. The van der Waals surface area contributed by atoms with Crippen LogP contribution < -0.4 is 9.62 Å². The topological polar surface area (TPSA) is 120 Å². The number of rotatable bonds is 9. The first-order valence-electron chi connectivity index (χ1n) is 12.3. The van der Waals surface area contributed by atoms with Crippen LogP contribution in [0.5, 0.6) is 0 Å². The van der Waals surface area contributed by atoms with Gasteiger partial charge < -0.3 is 19.4 Å². The van der Waals surface area contributed by atoms with E-state index in [4.69, 9.17) is 4.74 Å². The molecular formula is C26H30F2N4O6S. The van der Waals surface area contributed by atoms with E-state index in [1.165, 1.54) is 48.9 Å². The number of alkyl halides is 2. The molecule has 1 aromatic heterocycles. The first-order valence-corrected chi connectivity index (χ1v) is 13.8. The molecule has 1 saturated heterocycles. The van der Waals surface area contributed by atoms with Crippen LogP contribution in [0.15, 0.2) is 47.4 Å². The summed E-state index contributed by atoms with van der Waals surface area (Å²) >= 11 is 0. The van der Waals surface area contributed by atoms with E-state index < -0.39 is 34.4 Å². The highest BCUT2D eigenvalue weighted by atomic mass is 32.2. The summed E-state index contributed by atoms with van der Waals surface area (Å²) in [5.41, 5.74) is 1.34. The molecular weight excluding hydrogens is 534 g/mol. The van der Waals surface area contributed by atoms with Crippen LogP contribution in [-0.4, -0.2) is 56.7 Å². The van der Waals surface area contributed by atoms with Crippen molar-refractivity contribution in [2.24, 2.45) is 5.92 Å². The van der Waals surface area contributed by atoms with Crippen LogP contribution in [0.1, 0.15) is 32.5 Å². The van der Waals surface area contributed by atoms with E-state index in [0.29, 0.717) is 31.0 Å². The summed E-state index contributed by atoms with van der Waals surface area (Å²) in [6.45, 7) is 3.06. The molecule has 3 aromatic rings. The van der Waals surface area contributed by atoms with Crippen LogP contribution in [0.2, 0.25) is 0 Å². The second-order valence-corrected chi connectivity index (χ2v) is 11.5. The number of ether oxygens (including phenoxy) is 2. The van der Waals surface area contributed by atoms with Gasteiger partial charge in [0, 0.05) is 46.3 Å². The molecule has 1 N–H and O–H groups in total. The third-order valence-corrected chi connectivity index (χ3v) is 8.27. The summed E-state index contributed by atoms with van der Waals surface area (Å²) in [5.74, 6) is -4.54. The first-order chi connectivity index (χ1) is 18.4. The maximum atomic E-state index is 14.5. The molecule has 0 bridgehead atoms. The number of nitrogens with zero attached hydrogens (tertiary/aromatic N) is 3. The molecule has 10 nitrogen and oxygen atoms in total. The summed E-state index contributed by atoms with van der Waals surface area (Å²) in [4.78, 5) is 26.8. The van der Waals surface area contributed by atoms with E-state index in [0.717, 1.165) is 24.1 Å². The molecule has 210 valence electrons. The molecule has 0 spiro atoms. The van der Waals surface area contributed by atoms with Crippen molar-refractivity contribution in [3.8, 4) is 0 Å². The third kappa shape index (κ3) is 6.53. The van der Waals surface area contributed by atoms with Gasteiger partial charge in [0.2, 0.25) is 0 Å². The van der Waals surface area contributed by atoms with Gasteiger partial charge in [0.1, 0.15) is 0 Å². The van der Waals surface area contributed by atoms with Gasteiger partial charge in [-0.3, -0.25) is 13.9 Å². The average Bonchev–Trinajstić information content (AvgIpc) is 3.26. The lowest BCUT2D eigenvalue weighted by atomic mass is 10.00. The summed E-state index contributed by atoms with van der Waals surface area (Å²) in [6, 6.07) is 10.1. The van der Waals surface area contributed by atoms with Crippen molar-refractivity contribution in [3.63, 3.8) is 0 Å². The molecule has 1 aliphatic heterocycles. The number of anilines is 2. The Morgan fingerprint density at radius 2 is 1.85 bits per heavy atom. The largest absolute Gasteiger partial charge is 0.456 e. The number of nitrogens with one attached hydrogen (secondary N) is 1. The lowest BCUT2D eigenvalue weighted by molar-refractivity contribution is -0.144. The molecule has 2 aromatic carbocycles. The van der Waals surface area contributed by atoms with E-state index in [-0.39, 0.29) is 27.8 Å². The monoisotopic (exact) mass is 564 g/mol. The Morgan fingerprint density at radius 1 is 1.18 bits per heavy atom. The van der Waals surface area contributed by atoms with Crippen LogP contribution >= 0.6 is 0 Å². The van der Waals surface area contributed by atoms with Crippen molar-refractivity contribution in [1.82, 2.24) is 9.55 Å². The molecule has 13 heteroatoms. The summed E-state index contributed by atoms with van der Waals surface area (Å²) in [7, 11) is -2.67. The van der Waals surface area contributed by atoms with Gasteiger partial charge in [0.25, 0.3) is 15.9 Å². The number of imidazole rings is 1. The third-order valence-electron chi connectivity index (χ3n) is 6.47. The lowest BCUT2D eigenvalue weighted by Crippen LogP contribution is -2.26. The molecule has 1 fully saturated rings. The van der Waals surface area contributed by atoms with Gasteiger partial charge in [0.15, 0.2) is 12.4 Å². The van der Waals surface area contributed by atoms with Crippen LogP contribution in [0.25, 0.3) is 11.0 Å². The molecule has 0 aliphatic carbocycles. The Kier molecular flexibility index (Phi) is 8.21. The quantitative estimate of drug-likeness (QED) is 0.392. The number of carbonyl (C=O) groups excluding carboxylic acids is 2. The fraction of sp³-hybridized carbons (Fsp3) is 0.423. The van der Waals surface area contributed by atoms with Crippen molar-refractivity contribution in [2.75, 3.05) is 36.5 Å². The second kappa shape index (κ2) is 11.3. The minimum Gasteiger partial charge on any atom is -0.456 e. The minimum absolute atomic E-state index is 0.0473. The molecule has 1 aliphatic rings. The SMILES string of the molecule is CC(=O)OCC(=O)Nc1ccc(S(=O)(=O)N(C)c2ccc3c(c2)nc(C(C)(F)F)n3CC2CCOCC2)cc1. The highest BCUT2D eigenvalue weighted by molar-refractivity contribution is 7.92. The second-order valence-electron chi connectivity index (χ2n) is 9.49. The zero-order valence-corrected chi connectivity index (χ0v) is 22.6. The number of amides is 1. The van der Waals surface area contributed by atoms with Crippen LogP contribution in [0.3, 0.4) is 0 Å². The molecule has 2 heterocycles. The molecule has 0 atom stereocenters.